The van der Waals surface area contributed by atoms with Crippen LogP contribution in [0.1, 0.15) is 27.7 Å². The highest BCUT2D eigenvalue weighted by Crippen LogP contribution is 2.18. The maximum atomic E-state index is 11.2. The van der Waals surface area contributed by atoms with Gasteiger partial charge in [0.15, 0.2) is 0 Å². The number of fused-ring (bicyclic) bond motifs is 1. The van der Waals surface area contributed by atoms with Crippen molar-refractivity contribution < 1.29 is 0 Å². The Labute approximate surface area is 100 Å². The maximum Gasteiger partial charge on any atom is 0.261 e. The van der Waals surface area contributed by atoms with Crippen LogP contribution in [0.15, 0.2) is 17.3 Å². The summed E-state index contributed by atoms with van der Waals surface area (Å²) in [6.45, 7) is 8.00. The Hall–Kier alpha value is -1.29. The van der Waals surface area contributed by atoms with Crippen molar-refractivity contribution in [3.8, 4) is 0 Å². The molecular formula is C11H18ClN3O. The fourth-order valence-electron chi connectivity index (χ4n) is 1.17. The van der Waals surface area contributed by atoms with Crippen LogP contribution in [0.5, 0.6) is 0 Å². The van der Waals surface area contributed by atoms with E-state index in [0.29, 0.717) is 16.1 Å². The minimum Gasteiger partial charge on any atom is -0.334 e. The molecule has 90 valence electrons. The molecule has 0 amide bonds. The third kappa shape index (κ3) is 2.85. The number of hydrogen-bond donors (Lipinski definition) is 1. The second-order valence-corrected chi connectivity index (χ2v) is 2.93. The van der Waals surface area contributed by atoms with E-state index in [-0.39, 0.29) is 5.56 Å². The highest BCUT2D eigenvalue weighted by Gasteiger charge is 2.07. The molecule has 2 rings (SSSR count). The molecule has 0 aliphatic heterocycles. The molecule has 1 N–H and O–H groups in total. The van der Waals surface area contributed by atoms with Crippen LogP contribution in [0.4, 0.5) is 0 Å². The summed E-state index contributed by atoms with van der Waals surface area (Å²) in [6, 6.07) is 0. The lowest BCUT2D eigenvalue weighted by molar-refractivity contribution is 0.941. The zero-order chi connectivity index (χ0) is 12.7. The molecule has 0 unspecified atom stereocenters. The minimum atomic E-state index is -0.203. The van der Waals surface area contributed by atoms with Gasteiger partial charge in [0.25, 0.3) is 5.56 Å². The number of aromatic amines is 1. The molecule has 0 atom stereocenters. The highest BCUT2D eigenvalue weighted by molar-refractivity contribution is 6.35. The molecule has 0 saturated heterocycles. The summed E-state index contributed by atoms with van der Waals surface area (Å²) in [5.74, 6) is 0. The summed E-state index contributed by atoms with van der Waals surface area (Å²) in [6.07, 6.45) is 3.02. The Balaban J connectivity index is 0.000000509. The molecule has 0 saturated carbocycles. The SMILES string of the molecule is CC.CC.Cn1cc(Cl)c2c(=O)[nH]cnc21. The zero-order valence-electron chi connectivity index (χ0n) is 10.3. The Morgan fingerprint density at radius 3 is 2.38 bits per heavy atom. The fourth-order valence-corrected chi connectivity index (χ4v) is 1.49. The van der Waals surface area contributed by atoms with E-state index in [4.69, 9.17) is 11.6 Å². The summed E-state index contributed by atoms with van der Waals surface area (Å²) >= 11 is 5.80. The summed E-state index contributed by atoms with van der Waals surface area (Å²) < 4.78 is 1.72. The standard InChI is InChI=1S/C7H6ClN3O.2C2H6/c1-11-2-4(8)5-6(11)9-3-10-7(5)12;2*1-2/h2-3H,1H3,(H,9,10,12);2*1-2H3. The zero-order valence-corrected chi connectivity index (χ0v) is 11.1. The van der Waals surface area contributed by atoms with Crippen LogP contribution in [-0.4, -0.2) is 14.5 Å². The van der Waals surface area contributed by atoms with E-state index in [9.17, 15) is 4.79 Å². The van der Waals surface area contributed by atoms with Gasteiger partial charge in [-0.25, -0.2) is 4.98 Å². The summed E-state index contributed by atoms with van der Waals surface area (Å²) in [4.78, 5) is 17.7. The number of aromatic nitrogens is 3. The number of hydrogen-bond acceptors (Lipinski definition) is 2. The topological polar surface area (TPSA) is 50.7 Å². The van der Waals surface area contributed by atoms with Gasteiger partial charge in [-0.1, -0.05) is 39.3 Å². The van der Waals surface area contributed by atoms with Gasteiger partial charge in [0.05, 0.1) is 11.3 Å². The average molecular weight is 244 g/mol. The van der Waals surface area contributed by atoms with Crippen LogP contribution in [0, 0.1) is 0 Å². The van der Waals surface area contributed by atoms with Crippen LogP contribution in [-0.2, 0) is 7.05 Å². The number of aryl methyl sites for hydroxylation is 1. The van der Waals surface area contributed by atoms with Gasteiger partial charge in [0, 0.05) is 13.2 Å². The monoisotopic (exact) mass is 243 g/mol. The van der Waals surface area contributed by atoms with Crippen LogP contribution in [0.3, 0.4) is 0 Å². The van der Waals surface area contributed by atoms with Crippen molar-refractivity contribution in [3.63, 3.8) is 0 Å². The van der Waals surface area contributed by atoms with Crippen molar-refractivity contribution in [1.82, 2.24) is 14.5 Å². The third-order valence-electron chi connectivity index (χ3n) is 1.71. The van der Waals surface area contributed by atoms with Gasteiger partial charge in [0.1, 0.15) is 11.0 Å². The lowest BCUT2D eigenvalue weighted by Crippen LogP contribution is -2.05. The minimum absolute atomic E-state index is 0.203. The molecule has 0 aromatic carbocycles. The van der Waals surface area contributed by atoms with Crippen molar-refractivity contribution >= 4 is 22.6 Å². The van der Waals surface area contributed by atoms with E-state index >= 15 is 0 Å². The van der Waals surface area contributed by atoms with Gasteiger partial charge in [0.2, 0.25) is 0 Å². The van der Waals surface area contributed by atoms with Crippen LogP contribution in [0.2, 0.25) is 5.02 Å². The first-order valence-corrected chi connectivity index (χ1v) is 5.76. The van der Waals surface area contributed by atoms with Crippen molar-refractivity contribution in [3.05, 3.63) is 27.9 Å². The summed E-state index contributed by atoms with van der Waals surface area (Å²) in [7, 11) is 1.79. The van der Waals surface area contributed by atoms with Crippen molar-refractivity contribution in [2.24, 2.45) is 7.05 Å². The predicted molar refractivity (Wildman–Crippen MR) is 69.0 cm³/mol. The van der Waals surface area contributed by atoms with Gasteiger partial charge in [-0.05, 0) is 0 Å². The summed E-state index contributed by atoms with van der Waals surface area (Å²) in [5.41, 5.74) is 0.398. The number of nitrogens with one attached hydrogen (secondary N) is 1. The van der Waals surface area contributed by atoms with Crippen molar-refractivity contribution in [1.29, 1.82) is 0 Å². The maximum absolute atomic E-state index is 11.2. The van der Waals surface area contributed by atoms with Gasteiger partial charge in [-0.2, -0.15) is 0 Å². The van der Waals surface area contributed by atoms with E-state index in [1.807, 2.05) is 27.7 Å². The second kappa shape index (κ2) is 7.06. The predicted octanol–water partition coefficient (Wildman–Crippen LogP) is 2.97. The molecule has 0 aliphatic rings. The first kappa shape index (κ1) is 14.7. The molecular weight excluding hydrogens is 226 g/mol. The Kier molecular flexibility index (Phi) is 6.49. The second-order valence-electron chi connectivity index (χ2n) is 2.52. The van der Waals surface area contributed by atoms with Gasteiger partial charge in [-0.15, -0.1) is 0 Å². The van der Waals surface area contributed by atoms with E-state index in [1.54, 1.807) is 17.8 Å². The number of halogens is 1. The van der Waals surface area contributed by atoms with E-state index < -0.39 is 0 Å². The molecule has 0 fully saturated rings. The van der Waals surface area contributed by atoms with Gasteiger partial charge >= 0.3 is 0 Å². The molecule has 0 radical (unpaired) electrons. The normalized spacial score (nSPS) is 8.88. The van der Waals surface area contributed by atoms with Crippen LogP contribution >= 0.6 is 11.6 Å². The number of rotatable bonds is 0. The molecule has 2 aromatic heterocycles. The highest BCUT2D eigenvalue weighted by atomic mass is 35.5. The average Bonchev–Trinajstić information content (AvgIpc) is 2.61. The van der Waals surface area contributed by atoms with E-state index in [1.165, 1.54) is 6.33 Å². The molecule has 0 aliphatic carbocycles. The van der Waals surface area contributed by atoms with E-state index in [2.05, 4.69) is 9.97 Å². The molecule has 16 heavy (non-hydrogen) atoms. The molecule has 5 heteroatoms. The molecule has 4 nitrogen and oxygen atoms in total. The fraction of sp³-hybridized carbons (Fsp3) is 0.455. The van der Waals surface area contributed by atoms with E-state index in [0.717, 1.165) is 0 Å². The van der Waals surface area contributed by atoms with Gasteiger partial charge < -0.3 is 9.55 Å². The van der Waals surface area contributed by atoms with Crippen molar-refractivity contribution in [2.45, 2.75) is 27.7 Å². The molecule has 2 heterocycles. The first-order valence-electron chi connectivity index (χ1n) is 5.38. The molecule has 0 bridgehead atoms. The van der Waals surface area contributed by atoms with Crippen LogP contribution in [0.25, 0.3) is 11.0 Å². The lowest BCUT2D eigenvalue weighted by atomic mass is 10.4. The Morgan fingerprint density at radius 2 is 1.88 bits per heavy atom. The number of nitrogens with zero attached hydrogens (tertiary/aromatic N) is 2. The van der Waals surface area contributed by atoms with Crippen LogP contribution < -0.4 is 5.56 Å². The largest absolute Gasteiger partial charge is 0.334 e. The molecule has 2 aromatic rings. The first-order chi connectivity index (χ1) is 7.70. The summed E-state index contributed by atoms with van der Waals surface area (Å²) in [5, 5.41) is 0.878. The Bertz CT molecular complexity index is 487. The van der Waals surface area contributed by atoms with Gasteiger partial charge in [-0.3, -0.25) is 4.79 Å². The quantitative estimate of drug-likeness (QED) is 0.773. The van der Waals surface area contributed by atoms with Crippen molar-refractivity contribution in [2.75, 3.05) is 0 Å². The number of H-pyrrole nitrogens is 1. The Morgan fingerprint density at radius 1 is 1.31 bits per heavy atom. The molecule has 0 spiro atoms. The third-order valence-corrected chi connectivity index (χ3v) is 2.00. The smallest absolute Gasteiger partial charge is 0.261 e. The lowest BCUT2D eigenvalue weighted by Gasteiger charge is -1.90.